The molecule has 0 radical (unpaired) electrons. The van der Waals surface area contributed by atoms with Gasteiger partial charge in [0, 0.05) is 252 Å². The van der Waals surface area contributed by atoms with Crippen molar-refractivity contribution in [1.82, 2.24) is 25.8 Å². The van der Waals surface area contributed by atoms with Crippen LogP contribution in [0.1, 0.15) is 401 Å². The molecule has 816 valence electrons. The number of hydrogen-bond acceptors (Lipinski definition) is 25. The molecule has 0 aliphatic heterocycles. The molecule has 10 aromatic rings. The SMILES string of the molecule is CC.CC.CC.CC.COC(=O)CC(CC(=O)Cc1c(C)c(C)c(C)c(C)c1C)c1noc(C)c1C1CC1.COC(=O)CC(CC(=O)Cc1c(C)c(C)c(C)c(C)c1C)c1noc(C2CC(C)C2)c1C.COC(=O)CC(CC(=O)Cc1cc(C)ccc1C)c1noc(C)c1C.COC(=O)CC(CC(=O)Cc1ccc(C)c(C)c1C)c1noc(C)c1C.COC(=O)CC(CC(=O)Cc1cccc(C)c1C)c1noc(C)c1C.[U].[U].[U].[U]. The number of hydrogen-bond donors (Lipinski definition) is 0. The first-order valence-electron chi connectivity index (χ1n) is 52.0. The Kier molecular flexibility index (Phi) is 66.1. The molecule has 0 amide bonds. The van der Waals surface area contributed by atoms with Gasteiger partial charge in [0.25, 0.3) is 0 Å². The molecule has 12 rings (SSSR count). The topological polar surface area (TPSA) is 347 Å². The molecule has 5 heterocycles. The van der Waals surface area contributed by atoms with E-state index in [4.69, 9.17) is 46.3 Å². The van der Waals surface area contributed by atoms with Gasteiger partial charge in [-0.25, -0.2) is 0 Å². The summed E-state index contributed by atoms with van der Waals surface area (Å²) < 4.78 is 51.0. The third-order valence-corrected chi connectivity index (χ3v) is 29.4. The van der Waals surface area contributed by atoms with Gasteiger partial charge in [0.1, 0.15) is 57.7 Å². The van der Waals surface area contributed by atoms with Crippen LogP contribution in [0.2, 0.25) is 0 Å². The summed E-state index contributed by atoms with van der Waals surface area (Å²) in [5, 5.41) is 20.8. The Morgan fingerprint density at radius 1 is 0.280 bits per heavy atom. The van der Waals surface area contributed by atoms with Crippen molar-refractivity contribution in [1.29, 1.82) is 0 Å². The fraction of sp³-hybridized carbons (Fsp3) is 0.545. The van der Waals surface area contributed by atoms with Gasteiger partial charge < -0.3 is 46.3 Å². The van der Waals surface area contributed by atoms with Crippen LogP contribution in [-0.4, -0.2) is 120 Å². The van der Waals surface area contributed by atoms with Crippen molar-refractivity contribution >= 4 is 58.8 Å². The summed E-state index contributed by atoms with van der Waals surface area (Å²) in [7, 11) is 6.79. The minimum Gasteiger partial charge on any atom is -0.469 e. The number of ketones is 5. The minimum absolute atomic E-state index is 0. The standard InChI is InChI=1S/C27H37NO4.C25H33NO4.C21H27NO4.2C20H25NO4.4C2H6.4U/c1-14-9-22(10-14)27-20(7)26(28-32-27)21(12-25(30)31-8)11-23(29)13-24-18(5)16(3)15(2)17(4)19(24)6;1-13-14(2)16(4)22(17(5)15(13)3)12-21(27)10-20(11-23(28)29-7)25-24(19-8-9-19)18(6)30-26-25;1-12-7-8-17(14(3)13(12)2)9-19(23)10-18(11-20(24)25-6)21-15(4)16(5)26-22-21;1-12-6-7-13(2)16(8-12)9-18(22)10-17(11-19(23)24-5)20-14(3)15(4)25-21-20;1-12-7-6-8-16(13(12)2)9-18(22)10-17(11-19(23)24-5)20-14(3)15(4)25-21-20;4*1-2;;;;/h14,21-22H,9-13H2,1-8H3;19-20H,8-12H2,1-7H3;7-8,18H,9-11H2,1-6H3;2*6-8,17H,9-11H2,1-5H3;4*1-2H3;;;;. The van der Waals surface area contributed by atoms with Crippen LogP contribution >= 0.6 is 0 Å². The zero-order chi connectivity index (χ0) is 110. The van der Waals surface area contributed by atoms with E-state index in [1.54, 1.807) is 0 Å². The molecule has 5 aromatic heterocycles. The van der Waals surface area contributed by atoms with E-state index in [2.05, 4.69) is 116 Å². The predicted octanol–water partition coefficient (Wildman–Crippen LogP) is 26.8. The van der Waals surface area contributed by atoms with E-state index < -0.39 is 0 Å². The van der Waals surface area contributed by atoms with Crippen molar-refractivity contribution in [3.8, 4) is 0 Å². The maximum atomic E-state index is 13.2. The molecule has 5 unspecified atom stereocenters. The van der Waals surface area contributed by atoms with Gasteiger partial charge in [0.15, 0.2) is 0 Å². The molecule has 0 N–H and O–H groups in total. The molecular weight excluding hydrogens is 2800 g/mol. The molecule has 0 saturated heterocycles. The summed E-state index contributed by atoms with van der Waals surface area (Å²) in [6, 6.07) is 16.1. The Labute approximate surface area is 989 Å². The van der Waals surface area contributed by atoms with Gasteiger partial charge in [-0.05, 0) is 327 Å². The van der Waals surface area contributed by atoms with Crippen LogP contribution in [-0.2, 0) is 104 Å². The average Bonchev–Trinajstić information content (AvgIpc) is 1.42. The number of esters is 5. The molecular formula is C121H171N5O20U4. The maximum absolute atomic E-state index is 13.2. The van der Waals surface area contributed by atoms with Crippen molar-refractivity contribution in [2.45, 2.75) is 399 Å². The molecule has 0 spiro atoms. The Balaban J connectivity index is 0.00000181. The number of carbonyl (C=O) groups is 10. The summed E-state index contributed by atoms with van der Waals surface area (Å²) >= 11 is 0. The molecule has 2 aliphatic rings. The largest absolute Gasteiger partial charge is 0.469 e. The van der Waals surface area contributed by atoms with Crippen molar-refractivity contribution in [2.24, 2.45) is 5.92 Å². The number of carbonyl (C=O) groups excluding carboxylic acids is 10. The van der Waals surface area contributed by atoms with Crippen molar-refractivity contribution in [3.05, 3.63) is 256 Å². The molecule has 25 nitrogen and oxygen atoms in total. The van der Waals surface area contributed by atoms with Gasteiger partial charge in [-0.2, -0.15) is 0 Å². The minimum atomic E-state index is -0.357. The molecule has 2 aliphatic carbocycles. The van der Waals surface area contributed by atoms with Gasteiger partial charge in [-0.15, -0.1) is 0 Å². The summed E-state index contributed by atoms with van der Waals surface area (Å²) in [6.45, 7) is 68.6. The Morgan fingerprint density at radius 3 is 0.880 bits per heavy atom. The van der Waals surface area contributed by atoms with Crippen molar-refractivity contribution in [2.75, 3.05) is 35.5 Å². The first-order chi connectivity index (χ1) is 69.1. The van der Waals surface area contributed by atoms with Gasteiger partial charge in [0.05, 0.1) is 96.1 Å². The fourth-order valence-electron chi connectivity index (χ4n) is 18.6. The number of aromatic nitrogens is 5. The second-order valence-electron chi connectivity index (χ2n) is 38.7. The first-order valence-corrected chi connectivity index (χ1v) is 52.0. The Bertz CT molecular complexity index is 5950. The summed E-state index contributed by atoms with van der Waals surface area (Å²) in [4.78, 5) is 124. The zero-order valence-corrected chi connectivity index (χ0v) is 114. The van der Waals surface area contributed by atoms with Crippen LogP contribution in [0.4, 0.5) is 0 Å². The van der Waals surface area contributed by atoms with E-state index in [1.807, 2.05) is 194 Å². The molecule has 2 saturated carbocycles. The Morgan fingerprint density at radius 2 is 0.560 bits per heavy atom. The second kappa shape index (κ2) is 69.8. The first kappa shape index (κ1) is 142. The van der Waals surface area contributed by atoms with Gasteiger partial charge in [-0.3, -0.25) is 47.9 Å². The fourth-order valence-corrected chi connectivity index (χ4v) is 18.6. The number of aryl methyl sites for hydroxylation is 8. The normalized spacial score (nSPS) is 13.2. The number of Topliss-reactive ketones (excluding diaryl/α,β-unsaturated/α-hetero) is 5. The molecule has 29 heteroatoms. The van der Waals surface area contributed by atoms with Crippen LogP contribution in [0.5, 0.6) is 0 Å². The molecule has 5 aromatic carbocycles. The van der Waals surface area contributed by atoms with E-state index >= 15 is 0 Å². The van der Waals surface area contributed by atoms with E-state index in [-0.39, 0.29) is 277 Å². The van der Waals surface area contributed by atoms with Crippen LogP contribution in [0.15, 0.2) is 71.1 Å². The van der Waals surface area contributed by atoms with E-state index in [1.165, 1.54) is 108 Å². The van der Waals surface area contributed by atoms with Crippen LogP contribution in [0.25, 0.3) is 0 Å². The van der Waals surface area contributed by atoms with Crippen molar-refractivity contribution < 1.29 is 219 Å². The number of benzene rings is 5. The number of methoxy groups -OCH3 is 5. The van der Waals surface area contributed by atoms with E-state index in [0.29, 0.717) is 84.2 Å². The second-order valence-corrected chi connectivity index (χ2v) is 38.7. The number of rotatable bonds is 37. The summed E-state index contributed by atoms with van der Waals surface area (Å²) in [5.74, 6) is 2.40. The predicted molar refractivity (Wildman–Crippen MR) is 575 cm³/mol. The average molecular weight is 2970 g/mol. The Hall–Kier alpha value is -7.94. The number of nitrogens with zero attached hydrogens (tertiary/aromatic N) is 5. The van der Waals surface area contributed by atoms with E-state index in [0.717, 1.165) is 126 Å². The van der Waals surface area contributed by atoms with Crippen LogP contribution in [0.3, 0.4) is 0 Å². The third-order valence-electron chi connectivity index (χ3n) is 29.4. The smallest absolute Gasteiger partial charge is 0.306 e. The quantitative estimate of drug-likeness (QED) is 0.0258. The molecule has 0 bridgehead atoms. The van der Waals surface area contributed by atoms with Crippen molar-refractivity contribution in [3.63, 3.8) is 0 Å². The third kappa shape index (κ3) is 40.7. The maximum Gasteiger partial charge on any atom is 0.306 e. The molecule has 2 fully saturated rings. The molecule has 150 heavy (non-hydrogen) atoms. The summed E-state index contributed by atoms with van der Waals surface area (Å²) in [5.41, 5.74) is 33.9. The van der Waals surface area contributed by atoms with Gasteiger partial charge in [0.2, 0.25) is 0 Å². The zero-order valence-electron chi connectivity index (χ0n) is 97.6. The monoisotopic (exact) mass is 2970 g/mol. The molecule has 5 atom stereocenters. The summed E-state index contributed by atoms with van der Waals surface area (Å²) in [6.07, 6.45) is 7.97. The van der Waals surface area contributed by atoms with Gasteiger partial charge in [-0.1, -0.05) is 142 Å². The van der Waals surface area contributed by atoms with Crippen LogP contribution < -0.4 is 0 Å². The number of ether oxygens (including phenoxy) is 5. The van der Waals surface area contributed by atoms with Gasteiger partial charge >= 0.3 is 29.8 Å². The van der Waals surface area contributed by atoms with E-state index in [9.17, 15) is 47.9 Å². The van der Waals surface area contributed by atoms with Crippen LogP contribution in [0, 0.1) is 303 Å².